The van der Waals surface area contributed by atoms with E-state index < -0.39 is 0 Å². The summed E-state index contributed by atoms with van der Waals surface area (Å²) < 4.78 is 1.92. The van der Waals surface area contributed by atoms with Crippen LogP contribution in [0.4, 0.5) is 0 Å². The Labute approximate surface area is 133 Å². The Balaban J connectivity index is 1.79. The molecule has 2 atom stereocenters. The standard InChI is InChI=1S/C16H29N5O/c1-4-13(2)20(3)11-9-18-16(22)15-7-10-21(19-15)14-6-5-8-17-12-14/h7,10,13-14,17H,4-6,8-9,11-12H2,1-3H3,(H,18,22). The highest BCUT2D eigenvalue weighted by Crippen LogP contribution is 2.15. The van der Waals surface area contributed by atoms with Gasteiger partial charge in [-0.05, 0) is 45.8 Å². The lowest BCUT2D eigenvalue weighted by molar-refractivity contribution is 0.0941. The molecule has 1 saturated heterocycles. The van der Waals surface area contributed by atoms with Gasteiger partial charge in [-0.3, -0.25) is 9.48 Å². The van der Waals surface area contributed by atoms with Crippen LogP contribution in [0.15, 0.2) is 12.3 Å². The molecule has 1 amide bonds. The molecule has 2 N–H and O–H groups in total. The van der Waals surface area contributed by atoms with Gasteiger partial charge in [0.25, 0.3) is 5.91 Å². The van der Waals surface area contributed by atoms with E-state index in [9.17, 15) is 4.79 Å². The molecule has 6 nitrogen and oxygen atoms in total. The molecule has 22 heavy (non-hydrogen) atoms. The van der Waals surface area contributed by atoms with E-state index in [1.807, 2.05) is 16.9 Å². The van der Waals surface area contributed by atoms with E-state index in [2.05, 4.69) is 41.5 Å². The minimum atomic E-state index is -0.0833. The predicted molar refractivity (Wildman–Crippen MR) is 88.1 cm³/mol. The van der Waals surface area contributed by atoms with Crippen molar-refractivity contribution in [2.45, 2.75) is 45.2 Å². The summed E-state index contributed by atoms with van der Waals surface area (Å²) in [7, 11) is 2.09. The molecule has 124 valence electrons. The van der Waals surface area contributed by atoms with Gasteiger partial charge in [0.1, 0.15) is 5.69 Å². The number of likely N-dealkylation sites (N-methyl/N-ethyl adjacent to an activating group) is 1. The van der Waals surface area contributed by atoms with Crippen molar-refractivity contribution < 1.29 is 4.79 Å². The molecule has 1 aliphatic heterocycles. The molecule has 0 aromatic carbocycles. The maximum Gasteiger partial charge on any atom is 0.271 e. The van der Waals surface area contributed by atoms with Gasteiger partial charge in [0.2, 0.25) is 0 Å². The van der Waals surface area contributed by atoms with Crippen molar-refractivity contribution >= 4 is 5.91 Å². The first kappa shape index (κ1) is 17.0. The Morgan fingerprint density at radius 3 is 3.14 bits per heavy atom. The second kappa shape index (κ2) is 8.29. The minimum absolute atomic E-state index is 0.0833. The molecule has 2 unspecified atom stereocenters. The number of carbonyl (C=O) groups is 1. The Morgan fingerprint density at radius 1 is 1.64 bits per heavy atom. The molecule has 0 aliphatic carbocycles. The van der Waals surface area contributed by atoms with Crippen LogP contribution in [-0.4, -0.2) is 59.9 Å². The predicted octanol–water partition coefficient (Wildman–Crippen LogP) is 1.27. The molecule has 1 fully saturated rings. The van der Waals surface area contributed by atoms with Crippen molar-refractivity contribution in [3.8, 4) is 0 Å². The zero-order valence-electron chi connectivity index (χ0n) is 14.0. The van der Waals surface area contributed by atoms with Crippen LogP contribution in [0.2, 0.25) is 0 Å². The molecule has 6 heteroatoms. The van der Waals surface area contributed by atoms with Gasteiger partial charge in [-0.15, -0.1) is 0 Å². The van der Waals surface area contributed by atoms with Gasteiger partial charge in [0.05, 0.1) is 6.04 Å². The Bertz CT molecular complexity index is 467. The molecular weight excluding hydrogens is 278 g/mol. The maximum absolute atomic E-state index is 12.1. The third kappa shape index (κ3) is 4.55. The number of hydrogen-bond acceptors (Lipinski definition) is 4. The smallest absolute Gasteiger partial charge is 0.271 e. The largest absolute Gasteiger partial charge is 0.349 e. The molecule has 2 rings (SSSR count). The fourth-order valence-electron chi connectivity index (χ4n) is 2.69. The zero-order chi connectivity index (χ0) is 15.9. The highest BCUT2D eigenvalue weighted by molar-refractivity contribution is 5.92. The highest BCUT2D eigenvalue weighted by Gasteiger charge is 2.17. The Kier molecular flexibility index (Phi) is 6.39. The van der Waals surface area contributed by atoms with Crippen molar-refractivity contribution in [3.63, 3.8) is 0 Å². The number of aromatic nitrogens is 2. The van der Waals surface area contributed by atoms with Gasteiger partial charge in [0.15, 0.2) is 0 Å². The second-order valence-electron chi connectivity index (χ2n) is 6.17. The van der Waals surface area contributed by atoms with Crippen LogP contribution in [0.5, 0.6) is 0 Å². The zero-order valence-corrected chi connectivity index (χ0v) is 14.0. The lowest BCUT2D eigenvalue weighted by Crippen LogP contribution is -2.37. The first-order valence-electron chi connectivity index (χ1n) is 8.36. The average molecular weight is 307 g/mol. The van der Waals surface area contributed by atoms with E-state index in [1.165, 1.54) is 0 Å². The van der Waals surface area contributed by atoms with Gasteiger partial charge < -0.3 is 15.5 Å². The summed E-state index contributed by atoms with van der Waals surface area (Å²) in [6.45, 7) is 7.89. The van der Waals surface area contributed by atoms with Crippen LogP contribution in [-0.2, 0) is 0 Å². The molecule has 1 aromatic heterocycles. The van der Waals surface area contributed by atoms with Gasteiger partial charge >= 0.3 is 0 Å². The monoisotopic (exact) mass is 307 g/mol. The van der Waals surface area contributed by atoms with Crippen LogP contribution in [0.1, 0.15) is 49.6 Å². The number of nitrogens with zero attached hydrogens (tertiary/aromatic N) is 3. The highest BCUT2D eigenvalue weighted by atomic mass is 16.1. The van der Waals surface area contributed by atoms with E-state index in [-0.39, 0.29) is 5.91 Å². The molecule has 1 aromatic rings. The number of nitrogens with one attached hydrogen (secondary N) is 2. The average Bonchev–Trinajstić information content (AvgIpc) is 3.04. The van der Waals surface area contributed by atoms with Crippen LogP contribution < -0.4 is 10.6 Å². The molecule has 0 spiro atoms. The fourth-order valence-corrected chi connectivity index (χ4v) is 2.69. The number of carbonyl (C=O) groups excluding carboxylic acids is 1. The molecule has 0 bridgehead atoms. The van der Waals surface area contributed by atoms with Gasteiger partial charge in [-0.1, -0.05) is 6.92 Å². The number of hydrogen-bond donors (Lipinski definition) is 2. The molecule has 0 radical (unpaired) electrons. The van der Waals surface area contributed by atoms with Crippen LogP contribution >= 0.6 is 0 Å². The van der Waals surface area contributed by atoms with Crippen molar-refractivity contribution in [2.24, 2.45) is 0 Å². The summed E-state index contributed by atoms with van der Waals surface area (Å²) in [6.07, 6.45) is 5.31. The first-order chi connectivity index (χ1) is 10.6. The number of amides is 1. The lowest BCUT2D eigenvalue weighted by atomic mass is 10.1. The van der Waals surface area contributed by atoms with E-state index in [4.69, 9.17) is 0 Å². The molecule has 2 heterocycles. The van der Waals surface area contributed by atoms with Crippen LogP contribution in [0, 0.1) is 0 Å². The van der Waals surface area contributed by atoms with Crippen molar-refractivity contribution in [2.75, 3.05) is 33.2 Å². The molecular formula is C16H29N5O. The van der Waals surface area contributed by atoms with E-state index >= 15 is 0 Å². The quantitative estimate of drug-likeness (QED) is 0.796. The van der Waals surface area contributed by atoms with Crippen molar-refractivity contribution in [1.82, 2.24) is 25.3 Å². The summed E-state index contributed by atoms with van der Waals surface area (Å²) in [6, 6.07) is 2.71. The SMILES string of the molecule is CCC(C)N(C)CCNC(=O)c1ccn(C2CCCNC2)n1. The third-order valence-corrected chi connectivity index (χ3v) is 4.58. The Hall–Kier alpha value is -1.40. The first-order valence-corrected chi connectivity index (χ1v) is 8.36. The molecule has 1 aliphatic rings. The lowest BCUT2D eigenvalue weighted by Gasteiger charge is -2.23. The summed E-state index contributed by atoms with van der Waals surface area (Å²) in [5.41, 5.74) is 0.511. The van der Waals surface area contributed by atoms with Gasteiger partial charge in [-0.2, -0.15) is 5.10 Å². The topological polar surface area (TPSA) is 62.2 Å². The van der Waals surface area contributed by atoms with Crippen molar-refractivity contribution in [1.29, 1.82) is 0 Å². The van der Waals surface area contributed by atoms with E-state index in [0.29, 0.717) is 24.3 Å². The maximum atomic E-state index is 12.1. The van der Waals surface area contributed by atoms with Gasteiger partial charge in [0, 0.05) is 31.9 Å². The van der Waals surface area contributed by atoms with Crippen LogP contribution in [0.3, 0.4) is 0 Å². The van der Waals surface area contributed by atoms with E-state index in [1.54, 1.807) is 0 Å². The third-order valence-electron chi connectivity index (χ3n) is 4.58. The molecule has 0 saturated carbocycles. The fraction of sp³-hybridized carbons (Fsp3) is 0.750. The summed E-state index contributed by atoms with van der Waals surface area (Å²) in [4.78, 5) is 14.4. The normalized spacial score (nSPS) is 20.1. The summed E-state index contributed by atoms with van der Waals surface area (Å²) in [5, 5.41) is 10.8. The van der Waals surface area contributed by atoms with E-state index in [0.717, 1.165) is 38.9 Å². The van der Waals surface area contributed by atoms with Crippen molar-refractivity contribution in [3.05, 3.63) is 18.0 Å². The Morgan fingerprint density at radius 2 is 2.45 bits per heavy atom. The number of rotatable bonds is 7. The van der Waals surface area contributed by atoms with Crippen LogP contribution in [0.25, 0.3) is 0 Å². The number of piperidine rings is 1. The summed E-state index contributed by atoms with van der Waals surface area (Å²) in [5.74, 6) is -0.0833. The second-order valence-corrected chi connectivity index (χ2v) is 6.17. The summed E-state index contributed by atoms with van der Waals surface area (Å²) >= 11 is 0. The van der Waals surface area contributed by atoms with Gasteiger partial charge in [-0.25, -0.2) is 0 Å². The minimum Gasteiger partial charge on any atom is -0.349 e.